The molecule has 1 aromatic heterocycles. The largest absolute Gasteiger partial charge is 0.325 e. The Morgan fingerprint density at radius 3 is 2.62 bits per heavy atom. The summed E-state index contributed by atoms with van der Waals surface area (Å²) in [5, 5.41) is 15.0. The predicted molar refractivity (Wildman–Crippen MR) is 136 cm³/mol. The highest BCUT2D eigenvalue weighted by atomic mass is 35.5. The maximum absolute atomic E-state index is 12.8. The molecule has 9 heteroatoms. The number of hydrogen-bond acceptors (Lipinski definition) is 5. The minimum Gasteiger partial charge on any atom is -0.325 e. The highest BCUT2D eigenvalue weighted by Gasteiger charge is 2.15. The molecule has 34 heavy (non-hydrogen) atoms. The van der Waals surface area contributed by atoms with Gasteiger partial charge in [-0.1, -0.05) is 53.7 Å². The van der Waals surface area contributed by atoms with Crippen LogP contribution in [0.15, 0.2) is 78.2 Å². The van der Waals surface area contributed by atoms with E-state index in [4.69, 9.17) is 11.6 Å². The number of thioether (sulfide) groups is 1. The summed E-state index contributed by atoms with van der Waals surface area (Å²) in [5.74, 6) is -0.478. The van der Waals surface area contributed by atoms with Crippen molar-refractivity contribution >= 4 is 46.6 Å². The summed E-state index contributed by atoms with van der Waals surface area (Å²) in [4.78, 5) is 25.5. The van der Waals surface area contributed by atoms with Crippen molar-refractivity contribution in [3.63, 3.8) is 0 Å². The highest BCUT2D eigenvalue weighted by Crippen LogP contribution is 2.24. The van der Waals surface area contributed by atoms with Gasteiger partial charge in [-0.2, -0.15) is 0 Å². The minimum absolute atomic E-state index is 0.0894. The van der Waals surface area contributed by atoms with Crippen LogP contribution in [0.2, 0.25) is 5.02 Å². The van der Waals surface area contributed by atoms with Gasteiger partial charge in [0.15, 0.2) is 5.16 Å². The first-order valence-electron chi connectivity index (χ1n) is 10.5. The summed E-state index contributed by atoms with van der Waals surface area (Å²) in [5.41, 5.74) is 4.32. The van der Waals surface area contributed by atoms with Gasteiger partial charge >= 0.3 is 0 Å². The van der Waals surface area contributed by atoms with Gasteiger partial charge in [0.2, 0.25) is 5.91 Å². The summed E-state index contributed by atoms with van der Waals surface area (Å²) < 4.78 is 1.77. The highest BCUT2D eigenvalue weighted by molar-refractivity contribution is 7.99. The van der Waals surface area contributed by atoms with Gasteiger partial charge in [0.25, 0.3) is 5.91 Å². The van der Waals surface area contributed by atoms with Crippen LogP contribution in [0.3, 0.4) is 0 Å². The van der Waals surface area contributed by atoms with Crippen molar-refractivity contribution < 1.29 is 9.59 Å². The fourth-order valence-electron chi connectivity index (χ4n) is 3.26. The van der Waals surface area contributed by atoms with E-state index in [1.54, 1.807) is 35.2 Å². The number of nitrogens with zero attached hydrogens (tertiary/aromatic N) is 3. The van der Waals surface area contributed by atoms with E-state index in [0.29, 0.717) is 27.1 Å². The molecular weight excluding hydrogens is 470 g/mol. The quantitative estimate of drug-likeness (QED) is 0.332. The lowest BCUT2D eigenvalue weighted by Gasteiger charge is -2.12. The van der Waals surface area contributed by atoms with E-state index in [1.165, 1.54) is 11.8 Å². The summed E-state index contributed by atoms with van der Waals surface area (Å²) in [6.07, 6.45) is 1.58. The third-order valence-corrected chi connectivity index (χ3v) is 6.35. The Labute approximate surface area is 206 Å². The van der Waals surface area contributed by atoms with Gasteiger partial charge in [-0.25, -0.2) is 0 Å². The third kappa shape index (κ3) is 5.65. The van der Waals surface area contributed by atoms with Crippen LogP contribution in [0.25, 0.3) is 5.69 Å². The molecule has 0 saturated heterocycles. The Morgan fingerprint density at radius 1 is 1.00 bits per heavy atom. The van der Waals surface area contributed by atoms with E-state index < -0.39 is 0 Å². The molecule has 172 valence electrons. The molecule has 4 aromatic rings. The lowest BCUT2D eigenvalue weighted by molar-refractivity contribution is -0.113. The second kappa shape index (κ2) is 10.5. The Morgan fingerprint density at radius 2 is 1.82 bits per heavy atom. The molecule has 0 radical (unpaired) electrons. The first-order valence-corrected chi connectivity index (χ1v) is 11.8. The number of halogens is 1. The van der Waals surface area contributed by atoms with Gasteiger partial charge < -0.3 is 10.6 Å². The van der Waals surface area contributed by atoms with E-state index in [-0.39, 0.29) is 17.6 Å². The number of aryl methyl sites for hydroxylation is 2. The van der Waals surface area contributed by atoms with Crippen molar-refractivity contribution in [3.8, 4) is 5.69 Å². The number of para-hydroxylation sites is 1. The average Bonchev–Trinajstić information content (AvgIpc) is 3.28. The van der Waals surface area contributed by atoms with Crippen LogP contribution >= 0.6 is 23.4 Å². The molecule has 0 bridgehead atoms. The first kappa shape index (κ1) is 23.5. The zero-order valence-electron chi connectivity index (χ0n) is 18.6. The van der Waals surface area contributed by atoms with Gasteiger partial charge in [0.1, 0.15) is 6.33 Å². The predicted octanol–water partition coefficient (Wildman–Crippen LogP) is 5.52. The first-order chi connectivity index (χ1) is 16.4. The molecule has 0 aliphatic heterocycles. The van der Waals surface area contributed by atoms with E-state index in [1.807, 2.05) is 56.3 Å². The number of rotatable bonds is 7. The smallest absolute Gasteiger partial charge is 0.257 e. The monoisotopic (exact) mass is 491 g/mol. The zero-order chi connectivity index (χ0) is 24.1. The Kier molecular flexibility index (Phi) is 7.30. The van der Waals surface area contributed by atoms with E-state index >= 15 is 0 Å². The number of amides is 2. The minimum atomic E-state index is -0.301. The van der Waals surface area contributed by atoms with Crippen LogP contribution in [0.5, 0.6) is 0 Å². The van der Waals surface area contributed by atoms with Crippen LogP contribution in [-0.2, 0) is 4.79 Å². The van der Waals surface area contributed by atoms with Crippen molar-refractivity contribution in [2.45, 2.75) is 19.0 Å². The number of aromatic nitrogens is 3. The normalized spacial score (nSPS) is 10.7. The van der Waals surface area contributed by atoms with Crippen LogP contribution in [0.4, 0.5) is 11.4 Å². The molecule has 0 spiro atoms. The van der Waals surface area contributed by atoms with Crippen LogP contribution < -0.4 is 10.6 Å². The number of hydrogen-bond donors (Lipinski definition) is 2. The van der Waals surface area contributed by atoms with Crippen molar-refractivity contribution in [3.05, 3.63) is 94.8 Å². The fourth-order valence-corrected chi connectivity index (χ4v) is 4.16. The summed E-state index contributed by atoms with van der Waals surface area (Å²) in [6, 6.07) is 20.1. The number of carbonyl (C=O) groups is 2. The molecular formula is C25H22ClN5O2S. The van der Waals surface area contributed by atoms with Gasteiger partial charge in [-0.05, 0) is 61.4 Å². The third-order valence-electron chi connectivity index (χ3n) is 5.00. The maximum Gasteiger partial charge on any atom is 0.257 e. The molecule has 3 aromatic carbocycles. The van der Waals surface area contributed by atoms with Crippen molar-refractivity contribution in [1.29, 1.82) is 0 Å². The second-order valence-electron chi connectivity index (χ2n) is 7.62. The molecule has 0 unspecified atom stereocenters. The number of benzene rings is 3. The van der Waals surface area contributed by atoms with Gasteiger partial charge in [0, 0.05) is 10.7 Å². The van der Waals surface area contributed by atoms with Gasteiger partial charge in [-0.3, -0.25) is 14.2 Å². The van der Waals surface area contributed by atoms with Crippen molar-refractivity contribution in [1.82, 2.24) is 14.8 Å². The summed E-state index contributed by atoms with van der Waals surface area (Å²) >= 11 is 7.48. The summed E-state index contributed by atoms with van der Waals surface area (Å²) in [7, 11) is 0. The Hall–Kier alpha value is -3.62. The molecule has 0 aliphatic rings. The van der Waals surface area contributed by atoms with Crippen molar-refractivity contribution in [2.24, 2.45) is 0 Å². The molecule has 0 saturated carbocycles. The molecule has 7 nitrogen and oxygen atoms in total. The SMILES string of the molecule is Cc1cccc(NC(=O)c2ccccc2NC(=O)CSc2nncn2-c2ccc(C)c(Cl)c2)c1. The molecule has 4 rings (SSSR count). The Balaban J connectivity index is 1.42. The van der Waals surface area contributed by atoms with Gasteiger partial charge in [-0.15, -0.1) is 10.2 Å². The number of nitrogens with one attached hydrogen (secondary N) is 2. The fraction of sp³-hybridized carbons (Fsp3) is 0.120. The second-order valence-corrected chi connectivity index (χ2v) is 8.97. The zero-order valence-corrected chi connectivity index (χ0v) is 20.2. The topological polar surface area (TPSA) is 88.9 Å². The van der Waals surface area contributed by atoms with Crippen LogP contribution in [0.1, 0.15) is 21.5 Å². The van der Waals surface area contributed by atoms with E-state index in [2.05, 4.69) is 20.8 Å². The standard InChI is InChI=1S/C25H22ClN5O2S/c1-16-6-5-7-18(12-16)28-24(33)20-8-3-4-9-22(20)29-23(32)14-34-25-30-27-15-31(25)19-11-10-17(2)21(26)13-19/h3-13,15H,14H2,1-2H3,(H,28,33)(H,29,32). The molecule has 2 N–H and O–H groups in total. The molecule has 0 atom stereocenters. The molecule has 2 amide bonds. The van der Waals surface area contributed by atoms with Gasteiger partial charge in [0.05, 0.1) is 22.7 Å². The average molecular weight is 492 g/mol. The lowest BCUT2D eigenvalue weighted by atomic mass is 10.1. The molecule has 0 fully saturated rings. The maximum atomic E-state index is 12.8. The molecule has 0 aliphatic carbocycles. The summed E-state index contributed by atoms with van der Waals surface area (Å²) in [6.45, 7) is 3.88. The van der Waals surface area contributed by atoms with E-state index in [9.17, 15) is 9.59 Å². The number of anilines is 2. The molecule has 1 heterocycles. The number of carbonyl (C=O) groups excluding carboxylic acids is 2. The van der Waals surface area contributed by atoms with Crippen LogP contribution in [-0.4, -0.2) is 32.3 Å². The van der Waals surface area contributed by atoms with Crippen molar-refractivity contribution in [2.75, 3.05) is 16.4 Å². The lowest BCUT2D eigenvalue weighted by Crippen LogP contribution is -2.19. The van der Waals surface area contributed by atoms with E-state index in [0.717, 1.165) is 16.8 Å². The Bertz CT molecular complexity index is 1350. The van der Waals surface area contributed by atoms with Crippen LogP contribution in [0, 0.1) is 13.8 Å².